The van der Waals surface area contributed by atoms with E-state index in [1.165, 1.54) is 9.87 Å². The first kappa shape index (κ1) is 25.6. The van der Waals surface area contributed by atoms with Crippen molar-refractivity contribution in [2.24, 2.45) is 0 Å². The lowest BCUT2D eigenvalue weighted by molar-refractivity contribution is 0.0947. The Balaban J connectivity index is 1.60. The third-order valence-corrected chi connectivity index (χ3v) is 7.12. The Bertz CT molecular complexity index is 1270. The molecule has 0 radical (unpaired) electrons. The average Bonchev–Trinajstić information content (AvgIpc) is 2.79. The Hall–Kier alpha value is -3.03. The third-order valence-electron chi connectivity index (χ3n) is 5.59. The molecule has 3 rings (SSSR count). The minimum atomic E-state index is -3.54. The summed E-state index contributed by atoms with van der Waals surface area (Å²) in [5.41, 5.74) is 4.81. The molecule has 0 saturated carbocycles. The quantitative estimate of drug-likeness (QED) is 0.417. The number of nitrogens with one attached hydrogen (secondary N) is 1. The zero-order chi connectivity index (χ0) is 24.9. The molecule has 0 unspecified atom stereocenters. The molecule has 0 spiro atoms. The van der Waals surface area contributed by atoms with Gasteiger partial charge < -0.3 is 10.1 Å². The number of hydrogen-bond donors (Lipinski definition) is 1. The number of amides is 1. The van der Waals surface area contributed by atoms with Crippen molar-refractivity contribution < 1.29 is 17.9 Å². The van der Waals surface area contributed by atoms with Crippen LogP contribution in [0.3, 0.4) is 0 Å². The van der Waals surface area contributed by atoms with Crippen molar-refractivity contribution >= 4 is 33.2 Å². The third kappa shape index (κ3) is 6.52. The monoisotopic (exact) mass is 500 g/mol. The molecule has 0 aliphatic carbocycles. The van der Waals surface area contributed by atoms with Crippen molar-refractivity contribution in [3.8, 4) is 5.75 Å². The molecule has 0 saturated heterocycles. The molecule has 34 heavy (non-hydrogen) atoms. The van der Waals surface area contributed by atoms with Gasteiger partial charge in [-0.05, 0) is 79.4 Å². The Labute approximate surface area is 206 Å². The maximum atomic E-state index is 12.5. The fourth-order valence-corrected chi connectivity index (χ4v) is 4.52. The number of hydrogen-bond acceptors (Lipinski definition) is 4. The Morgan fingerprint density at radius 1 is 1.00 bits per heavy atom. The number of halogens is 1. The lowest BCUT2D eigenvalue weighted by Gasteiger charge is -2.24. The van der Waals surface area contributed by atoms with E-state index in [0.717, 1.165) is 23.1 Å². The van der Waals surface area contributed by atoms with Gasteiger partial charge in [-0.25, -0.2) is 8.42 Å². The molecular weight excluding hydrogens is 472 g/mol. The molecule has 0 aromatic heterocycles. The van der Waals surface area contributed by atoms with E-state index < -0.39 is 10.0 Å². The van der Waals surface area contributed by atoms with Crippen LogP contribution < -0.4 is 14.4 Å². The van der Waals surface area contributed by atoms with Gasteiger partial charge >= 0.3 is 0 Å². The highest BCUT2D eigenvalue weighted by Crippen LogP contribution is 2.29. The van der Waals surface area contributed by atoms with Crippen molar-refractivity contribution in [1.29, 1.82) is 0 Å². The van der Waals surface area contributed by atoms with Crippen molar-refractivity contribution in [2.45, 2.75) is 27.3 Å². The highest BCUT2D eigenvalue weighted by atomic mass is 35.5. The van der Waals surface area contributed by atoms with E-state index in [0.29, 0.717) is 35.0 Å². The van der Waals surface area contributed by atoms with Gasteiger partial charge in [0.2, 0.25) is 10.0 Å². The molecule has 8 heteroatoms. The van der Waals surface area contributed by atoms with Crippen LogP contribution in [0.1, 0.15) is 32.6 Å². The second-order valence-corrected chi connectivity index (χ2v) is 10.5. The number of aryl methyl sites for hydroxylation is 2. The standard InChI is InChI=1S/C26H29ClN2O4S/c1-18-8-13-23(16-19(18)2)33-15-14-28-26(30)22-11-9-21(10-12-22)17-29(34(4,31)32)25-7-5-6-24(27)20(25)3/h5-13,16H,14-15,17H2,1-4H3,(H,28,30). The molecule has 0 aliphatic rings. The maximum absolute atomic E-state index is 12.5. The van der Waals surface area contributed by atoms with Gasteiger partial charge in [0.25, 0.3) is 5.91 Å². The molecule has 0 fully saturated rings. The predicted molar refractivity (Wildman–Crippen MR) is 137 cm³/mol. The van der Waals surface area contributed by atoms with Crippen molar-refractivity contribution in [3.63, 3.8) is 0 Å². The van der Waals surface area contributed by atoms with E-state index in [4.69, 9.17) is 16.3 Å². The normalized spacial score (nSPS) is 11.2. The van der Waals surface area contributed by atoms with Gasteiger partial charge in [0.15, 0.2) is 0 Å². The zero-order valence-electron chi connectivity index (χ0n) is 19.8. The van der Waals surface area contributed by atoms with Crippen LogP contribution in [-0.2, 0) is 16.6 Å². The SMILES string of the molecule is Cc1ccc(OCCNC(=O)c2ccc(CN(c3cccc(Cl)c3C)S(C)(=O)=O)cc2)cc1C. The largest absolute Gasteiger partial charge is 0.492 e. The van der Waals surface area contributed by atoms with Crippen LogP contribution in [0.5, 0.6) is 5.75 Å². The van der Waals surface area contributed by atoms with Crippen molar-refractivity contribution in [3.05, 3.63) is 93.5 Å². The summed E-state index contributed by atoms with van der Waals surface area (Å²) in [7, 11) is -3.54. The van der Waals surface area contributed by atoms with Crippen LogP contribution in [0.15, 0.2) is 60.7 Å². The van der Waals surface area contributed by atoms with Gasteiger partial charge in [0.1, 0.15) is 12.4 Å². The lowest BCUT2D eigenvalue weighted by atomic mass is 10.1. The summed E-state index contributed by atoms with van der Waals surface area (Å²) in [6.45, 7) is 6.71. The van der Waals surface area contributed by atoms with Gasteiger partial charge in [-0.1, -0.05) is 35.9 Å². The van der Waals surface area contributed by atoms with Gasteiger partial charge in [0.05, 0.1) is 25.0 Å². The van der Waals surface area contributed by atoms with Crippen LogP contribution in [0.2, 0.25) is 5.02 Å². The Morgan fingerprint density at radius 2 is 1.71 bits per heavy atom. The van der Waals surface area contributed by atoms with Gasteiger partial charge in [0, 0.05) is 10.6 Å². The molecule has 0 aliphatic heterocycles. The molecular formula is C26H29ClN2O4S. The topological polar surface area (TPSA) is 75.7 Å². The molecule has 3 aromatic rings. The summed E-state index contributed by atoms with van der Waals surface area (Å²) in [5.74, 6) is 0.549. The summed E-state index contributed by atoms with van der Waals surface area (Å²) in [6.07, 6.45) is 1.16. The number of anilines is 1. The maximum Gasteiger partial charge on any atom is 0.251 e. The van der Waals surface area contributed by atoms with Crippen molar-refractivity contribution in [1.82, 2.24) is 5.32 Å². The molecule has 1 N–H and O–H groups in total. The van der Waals surface area contributed by atoms with E-state index >= 15 is 0 Å². The molecule has 3 aromatic carbocycles. The number of rotatable bonds is 9. The number of sulfonamides is 1. The van der Waals surface area contributed by atoms with Gasteiger partial charge in [-0.3, -0.25) is 9.10 Å². The summed E-state index contributed by atoms with van der Waals surface area (Å²) in [4.78, 5) is 12.5. The van der Waals surface area contributed by atoms with Crippen LogP contribution in [0.25, 0.3) is 0 Å². The summed E-state index contributed by atoms with van der Waals surface area (Å²) in [5, 5.41) is 3.33. The Morgan fingerprint density at radius 3 is 2.35 bits per heavy atom. The molecule has 0 bridgehead atoms. The fraction of sp³-hybridized carbons (Fsp3) is 0.269. The molecule has 1 amide bonds. The minimum absolute atomic E-state index is 0.131. The molecule has 180 valence electrons. The Kier molecular flexibility index (Phi) is 8.23. The van der Waals surface area contributed by atoms with Crippen LogP contribution in [-0.4, -0.2) is 33.7 Å². The van der Waals surface area contributed by atoms with E-state index in [-0.39, 0.29) is 12.5 Å². The summed E-state index contributed by atoms with van der Waals surface area (Å²) in [6, 6.07) is 17.9. The number of carbonyl (C=O) groups is 1. The predicted octanol–water partition coefficient (Wildman–Crippen LogP) is 5.04. The number of benzene rings is 3. The number of carbonyl (C=O) groups excluding carboxylic acids is 1. The van der Waals surface area contributed by atoms with E-state index in [9.17, 15) is 13.2 Å². The fourth-order valence-electron chi connectivity index (χ4n) is 3.41. The smallest absolute Gasteiger partial charge is 0.251 e. The second kappa shape index (κ2) is 10.9. The van der Waals surface area contributed by atoms with Crippen LogP contribution in [0, 0.1) is 20.8 Å². The lowest BCUT2D eigenvalue weighted by Crippen LogP contribution is -2.30. The summed E-state index contributed by atoms with van der Waals surface area (Å²) >= 11 is 6.19. The number of ether oxygens (including phenoxy) is 1. The first-order chi connectivity index (χ1) is 16.1. The first-order valence-electron chi connectivity index (χ1n) is 10.9. The average molecular weight is 501 g/mol. The summed E-state index contributed by atoms with van der Waals surface area (Å²) < 4.78 is 31.9. The number of nitrogens with zero attached hydrogens (tertiary/aromatic N) is 1. The van der Waals surface area contributed by atoms with Gasteiger partial charge in [-0.2, -0.15) is 0 Å². The minimum Gasteiger partial charge on any atom is -0.492 e. The van der Waals surface area contributed by atoms with Crippen LogP contribution >= 0.6 is 11.6 Å². The van der Waals surface area contributed by atoms with Crippen LogP contribution in [0.4, 0.5) is 5.69 Å². The molecule has 6 nitrogen and oxygen atoms in total. The second-order valence-electron chi connectivity index (χ2n) is 8.20. The van der Waals surface area contributed by atoms with E-state index in [1.54, 1.807) is 49.4 Å². The molecule has 0 atom stereocenters. The zero-order valence-corrected chi connectivity index (χ0v) is 21.3. The van der Waals surface area contributed by atoms with E-state index in [1.807, 2.05) is 32.0 Å². The van der Waals surface area contributed by atoms with Crippen molar-refractivity contribution in [2.75, 3.05) is 23.7 Å². The van der Waals surface area contributed by atoms with E-state index in [2.05, 4.69) is 5.32 Å². The highest BCUT2D eigenvalue weighted by Gasteiger charge is 2.20. The van der Waals surface area contributed by atoms with Gasteiger partial charge in [-0.15, -0.1) is 0 Å². The first-order valence-corrected chi connectivity index (χ1v) is 13.1. The molecule has 0 heterocycles. The highest BCUT2D eigenvalue weighted by molar-refractivity contribution is 7.92.